The topological polar surface area (TPSA) is 66.8 Å². The van der Waals surface area contributed by atoms with E-state index in [1.165, 1.54) is 0 Å². The molecule has 5 atom stereocenters. The van der Waals surface area contributed by atoms with E-state index in [4.69, 9.17) is 4.74 Å². The lowest BCUT2D eigenvalue weighted by molar-refractivity contribution is -0.153. The first-order valence-corrected chi connectivity index (χ1v) is 7.73. The SMILES string of the molecule is C[C@@H]1C[C@H](C(=O)N2C[C@@H]3CCC[C@@H]3[C@H]2C(=O)O)CCO1. The third-order valence-electron chi connectivity index (χ3n) is 5.26. The third kappa shape index (κ3) is 2.32. The van der Waals surface area contributed by atoms with Gasteiger partial charge in [0, 0.05) is 19.1 Å². The van der Waals surface area contributed by atoms with Gasteiger partial charge in [-0.3, -0.25) is 4.79 Å². The second kappa shape index (κ2) is 5.35. The standard InChI is InChI=1S/C15H23NO4/c1-9-7-10(5-6-20-9)14(17)16-8-11-3-2-4-12(11)13(16)15(18)19/h9-13H,2-8H2,1H3,(H,18,19)/t9-,10-,11+,12+,13+/m1/s1. The van der Waals surface area contributed by atoms with E-state index in [0.29, 0.717) is 19.1 Å². The lowest BCUT2D eigenvalue weighted by Crippen LogP contribution is -2.47. The first-order chi connectivity index (χ1) is 9.58. The van der Waals surface area contributed by atoms with E-state index in [9.17, 15) is 14.7 Å². The molecule has 3 aliphatic rings. The quantitative estimate of drug-likeness (QED) is 0.833. The molecule has 0 radical (unpaired) electrons. The zero-order valence-electron chi connectivity index (χ0n) is 12.0. The highest BCUT2D eigenvalue weighted by atomic mass is 16.5. The molecule has 3 rings (SSSR count). The molecule has 1 saturated carbocycles. The van der Waals surface area contributed by atoms with Gasteiger partial charge in [0.2, 0.25) is 5.91 Å². The highest BCUT2D eigenvalue weighted by Gasteiger charge is 2.50. The molecule has 5 nitrogen and oxygen atoms in total. The maximum Gasteiger partial charge on any atom is 0.326 e. The monoisotopic (exact) mass is 281 g/mol. The van der Waals surface area contributed by atoms with Gasteiger partial charge in [-0.05, 0) is 44.4 Å². The molecule has 0 spiro atoms. The van der Waals surface area contributed by atoms with Crippen LogP contribution in [-0.4, -0.2) is 47.2 Å². The van der Waals surface area contributed by atoms with Crippen molar-refractivity contribution in [2.45, 2.75) is 51.2 Å². The fraction of sp³-hybridized carbons (Fsp3) is 0.867. The van der Waals surface area contributed by atoms with Crippen LogP contribution in [0.3, 0.4) is 0 Å². The number of carboxylic acids is 1. The number of carbonyl (C=O) groups is 2. The predicted octanol–water partition coefficient (Wildman–Crippen LogP) is 1.51. The first kappa shape index (κ1) is 13.9. The molecule has 0 unspecified atom stereocenters. The van der Waals surface area contributed by atoms with Crippen molar-refractivity contribution in [2.24, 2.45) is 17.8 Å². The second-order valence-corrected chi connectivity index (χ2v) is 6.53. The number of aliphatic carboxylic acids is 1. The van der Waals surface area contributed by atoms with Crippen LogP contribution in [0.15, 0.2) is 0 Å². The number of hydrogen-bond donors (Lipinski definition) is 1. The molecule has 2 saturated heterocycles. The smallest absolute Gasteiger partial charge is 0.326 e. The Morgan fingerprint density at radius 3 is 2.75 bits per heavy atom. The number of ether oxygens (including phenoxy) is 1. The minimum atomic E-state index is -0.826. The lowest BCUT2D eigenvalue weighted by atomic mass is 9.92. The van der Waals surface area contributed by atoms with E-state index in [-0.39, 0.29) is 23.8 Å². The van der Waals surface area contributed by atoms with Crippen LogP contribution in [0.25, 0.3) is 0 Å². The van der Waals surface area contributed by atoms with E-state index >= 15 is 0 Å². The van der Waals surface area contributed by atoms with Gasteiger partial charge in [-0.25, -0.2) is 4.79 Å². The summed E-state index contributed by atoms with van der Waals surface area (Å²) in [7, 11) is 0. The van der Waals surface area contributed by atoms with E-state index in [2.05, 4.69) is 0 Å². The molecule has 1 N–H and O–H groups in total. The largest absolute Gasteiger partial charge is 0.480 e. The van der Waals surface area contributed by atoms with Crippen LogP contribution in [0, 0.1) is 17.8 Å². The normalized spacial score (nSPS) is 40.6. The molecule has 3 fully saturated rings. The van der Waals surface area contributed by atoms with Crippen molar-refractivity contribution in [3.05, 3.63) is 0 Å². The summed E-state index contributed by atoms with van der Waals surface area (Å²) >= 11 is 0. The molecule has 0 aromatic heterocycles. The summed E-state index contributed by atoms with van der Waals surface area (Å²) in [6, 6.07) is -0.590. The molecule has 1 aliphatic carbocycles. The fourth-order valence-corrected chi connectivity index (χ4v) is 4.31. The molecule has 112 valence electrons. The average molecular weight is 281 g/mol. The maximum atomic E-state index is 12.7. The summed E-state index contributed by atoms with van der Waals surface area (Å²) in [6.45, 7) is 3.23. The number of carbonyl (C=O) groups excluding carboxylic acids is 1. The molecule has 0 aromatic rings. The molecular weight excluding hydrogens is 258 g/mol. The van der Waals surface area contributed by atoms with Crippen molar-refractivity contribution in [1.82, 2.24) is 4.90 Å². The summed E-state index contributed by atoms with van der Waals surface area (Å²) in [5, 5.41) is 9.51. The summed E-state index contributed by atoms with van der Waals surface area (Å²) in [4.78, 5) is 26.0. The minimum absolute atomic E-state index is 0.0435. The van der Waals surface area contributed by atoms with Crippen LogP contribution in [0.1, 0.15) is 39.0 Å². The van der Waals surface area contributed by atoms with Crippen molar-refractivity contribution in [2.75, 3.05) is 13.2 Å². The van der Waals surface area contributed by atoms with Gasteiger partial charge in [0.05, 0.1) is 6.10 Å². The van der Waals surface area contributed by atoms with Crippen molar-refractivity contribution in [3.8, 4) is 0 Å². The van der Waals surface area contributed by atoms with E-state index in [0.717, 1.165) is 32.1 Å². The van der Waals surface area contributed by atoms with E-state index < -0.39 is 12.0 Å². The number of likely N-dealkylation sites (tertiary alicyclic amines) is 1. The fourth-order valence-electron chi connectivity index (χ4n) is 4.31. The van der Waals surface area contributed by atoms with Gasteiger partial charge < -0.3 is 14.7 Å². The molecule has 5 heteroatoms. The van der Waals surface area contributed by atoms with Crippen LogP contribution in [0.5, 0.6) is 0 Å². The van der Waals surface area contributed by atoms with Crippen LogP contribution >= 0.6 is 0 Å². The van der Waals surface area contributed by atoms with Crippen LogP contribution in [-0.2, 0) is 14.3 Å². The Balaban J connectivity index is 1.74. The Labute approximate surface area is 119 Å². The third-order valence-corrected chi connectivity index (χ3v) is 5.26. The molecule has 2 heterocycles. The highest BCUT2D eigenvalue weighted by Crippen LogP contribution is 2.43. The van der Waals surface area contributed by atoms with Gasteiger partial charge in [-0.15, -0.1) is 0 Å². The number of carboxylic acid groups (broad SMARTS) is 1. The number of amides is 1. The zero-order chi connectivity index (χ0) is 14.3. The number of hydrogen-bond acceptors (Lipinski definition) is 3. The Hall–Kier alpha value is -1.10. The first-order valence-electron chi connectivity index (χ1n) is 7.73. The van der Waals surface area contributed by atoms with Crippen molar-refractivity contribution < 1.29 is 19.4 Å². The number of nitrogens with zero attached hydrogens (tertiary/aromatic N) is 1. The lowest BCUT2D eigenvalue weighted by Gasteiger charge is -2.32. The summed E-state index contributed by atoms with van der Waals surface area (Å²) in [5.74, 6) is -0.264. The van der Waals surface area contributed by atoms with Crippen molar-refractivity contribution in [3.63, 3.8) is 0 Å². The molecular formula is C15H23NO4. The highest BCUT2D eigenvalue weighted by molar-refractivity contribution is 5.86. The zero-order valence-corrected chi connectivity index (χ0v) is 12.0. The van der Waals surface area contributed by atoms with E-state index in [1.54, 1.807) is 4.90 Å². The Morgan fingerprint density at radius 1 is 1.25 bits per heavy atom. The Morgan fingerprint density at radius 2 is 2.05 bits per heavy atom. The molecule has 0 bridgehead atoms. The summed E-state index contributed by atoms with van der Waals surface area (Å²) in [5.41, 5.74) is 0. The summed E-state index contributed by atoms with van der Waals surface area (Å²) in [6.07, 6.45) is 4.68. The van der Waals surface area contributed by atoms with Crippen LogP contribution in [0.4, 0.5) is 0 Å². The second-order valence-electron chi connectivity index (χ2n) is 6.53. The van der Waals surface area contributed by atoms with Gasteiger partial charge in [0.15, 0.2) is 0 Å². The number of fused-ring (bicyclic) bond motifs is 1. The molecule has 20 heavy (non-hydrogen) atoms. The van der Waals surface area contributed by atoms with Gasteiger partial charge >= 0.3 is 5.97 Å². The number of rotatable bonds is 2. The van der Waals surface area contributed by atoms with Gasteiger partial charge in [0.1, 0.15) is 6.04 Å². The molecule has 0 aromatic carbocycles. The van der Waals surface area contributed by atoms with Gasteiger partial charge in [-0.1, -0.05) is 6.42 Å². The van der Waals surface area contributed by atoms with Crippen LogP contribution < -0.4 is 0 Å². The Kier molecular flexibility index (Phi) is 3.71. The maximum absolute atomic E-state index is 12.7. The molecule has 1 amide bonds. The van der Waals surface area contributed by atoms with E-state index in [1.807, 2.05) is 6.92 Å². The molecule has 2 aliphatic heterocycles. The predicted molar refractivity (Wildman–Crippen MR) is 72.1 cm³/mol. The van der Waals surface area contributed by atoms with Crippen LogP contribution in [0.2, 0.25) is 0 Å². The Bertz CT molecular complexity index is 411. The van der Waals surface area contributed by atoms with Gasteiger partial charge in [-0.2, -0.15) is 0 Å². The minimum Gasteiger partial charge on any atom is -0.480 e. The van der Waals surface area contributed by atoms with Crippen molar-refractivity contribution >= 4 is 11.9 Å². The van der Waals surface area contributed by atoms with Crippen molar-refractivity contribution in [1.29, 1.82) is 0 Å². The summed E-state index contributed by atoms with van der Waals surface area (Å²) < 4.78 is 5.48. The average Bonchev–Trinajstić information content (AvgIpc) is 2.96. The van der Waals surface area contributed by atoms with Gasteiger partial charge in [0.25, 0.3) is 0 Å².